The summed E-state index contributed by atoms with van der Waals surface area (Å²) in [7, 11) is 0. The van der Waals surface area contributed by atoms with Crippen LogP contribution in [-0.4, -0.2) is 12.0 Å². The summed E-state index contributed by atoms with van der Waals surface area (Å²) < 4.78 is 5.57. The zero-order valence-corrected chi connectivity index (χ0v) is 9.98. The van der Waals surface area contributed by atoms with Gasteiger partial charge in [-0.15, -0.1) is 0 Å². The van der Waals surface area contributed by atoms with Crippen molar-refractivity contribution in [2.24, 2.45) is 11.5 Å². The van der Waals surface area contributed by atoms with Gasteiger partial charge in [-0.25, -0.2) is 0 Å². The molecule has 4 N–H and O–H groups in total. The number of rotatable bonds is 4. The Hall–Kier alpha value is -1.55. The Bertz CT molecular complexity index is 431. The van der Waals surface area contributed by atoms with Gasteiger partial charge in [0, 0.05) is 6.04 Å². The molecule has 1 amide bonds. The SMILES string of the molecule is CCC(Oc1ccc2c(c1)CCC2N)C(N)=O. The fourth-order valence-corrected chi connectivity index (χ4v) is 2.21. The Balaban J connectivity index is 2.16. The molecule has 1 aliphatic carbocycles. The molecule has 0 saturated carbocycles. The Morgan fingerprint density at radius 2 is 2.35 bits per heavy atom. The molecule has 92 valence electrons. The largest absolute Gasteiger partial charge is 0.481 e. The molecule has 2 atom stereocenters. The molecular formula is C13H18N2O2. The van der Waals surface area contributed by atoms with Crippen LogP contribution < -0.4 is 16.2 Å². The Kier molecular flexibility index (Phi) is 3.33. The molecule has 4 heteroatoms. The van der Waals surface area contributed by atoms with Crippen LogP contribution in [0.5, 0.6) is 5.75 Å². The maximum absolute atomic E-state index is 11.1. The molecule has 0 saturated heterocycles. The number of carbonyl (C=O) groups excluding carboxylic acids is 1. The molecule has 2 unspecified atom stereocenters. The maximum atomic E-state index is 11.1. The Labute approximate surface area is 101 Å². The number of hydrogen-bond donors (Lipinski definition) is 2. The third-order valence-electron chi connectivity index (χ3n) is 3.21. The molecule has 0 fully saturated rings. The molecule has 4 nitrogen and oxygen atoms in total. The fraction of sp³-hybridized carbons (Fsp3) is 0.462. The summed E-state index contributed by atoms with van der Waals surface area (Å²) in [6, 6.07) is 5.94. The molecule has 0 bridgehead atoms. The van der Waals surface area contributed by atoms with E-state index in [-0.39, 0.29) is 6.04 Å². The summed E-state index contributed by atoms with van der Waals surface area (Å²) >= 11 is 0. The lowest BCUT2D eigenvalue weighted by atomic mass is 10.1. The predicted octanol–water partition coefficient (Wildman–Crippen LogP) is 1.28. The first-order chi connectivity index (χ1) is 8.11. The number of hydrogen-bond acceptors (Lipinski definition) is 3. The van der Waals surface area contributed by atoms with Gasteiger partial charge >= 0.3 is 0 Å². The summed E-state index contributed by atoms with van der Waals surface area (Å²) in [5.41, 5.74) is 13.6. The highest BCUT2D eigenvalue weighted by Gasteiger charge is 2.20. The van der Waals surface area contributed by atoms with Gasteiger partial charge in [-0.1, -0.05) is 13.0 Å². The van der Waals surface area contributed by atoms with Crippen LogP contribution in [0.15, 0.2) is 18.2 Å². The van der Waals surface area contributed by atoms with E-state index in [1.165, 1.54) is 11.1 Å². The van der Waals surface area contributed by atoms with Crippen LogP contribution in [0.2, 0.25) is 0 Å². The average Bonchev–Trinajstić information content (AvgIpc) is 2.67. The van der Waals surface area contributed by atoms with E-state index in [0.717, 1.165) is 12.8 Å². The van der Waals surface area contributed by atoms with Crippen molar-refractivity contribution in [1.82, 2.24) is 0 Å². The monoisotopic (exact) mass is 234 g/mol. The van der Waals surface area contributed by atoms with E-state index in [1.807, 2.05) is 25.1 Å². The lowest BCUT2D eigenvalue weighted by Gasteiger charge is -2.15. The second kappa shape index (κ2) is 4.75. The Morgan fingerprint density at radius 1 is 1.59 bits per heavy atom. The highest BCUT2D eigenvalue weighted by Crippen LogP contribution is 2.32. The van der Waals surface area contributed by atoms with E-state index in [9.17, 15) is 4.79 Å². The van der Waals surface area contributed by atoms with E-state index in [2.05, 4.69) is 0 Å². The summed E-state index contributed by atoms with van der Waals surface area (Å²) in [6.07, 6.45) is 1.97. The first-order valence-electron chi connectivity index (χ1n) is 5.96. The lowest BCUT2D eigenvalue weighted by molar-refractivity contribution is -0.124. The number of nitrogens with two attached hydrogens (primary N) is 2. The quantitative estimate of drug-likeness (QED) is 0.823. The van der Waals surface area contributed by atoms with Crippen LogP contribution in [-0.2, 0) is 11.2 Å². The standard InChI is InChI=1S/C13H18N2O2/c1-2-12(13(15)16)17-9-4-5-10-8(7-9)3-6-11(10)14/h4-5,7,11-12H,2-3,6,14H2,1H3,(H2,15,16). The summed E-state index contributed by atoms with van der Waals surface area (Å²) in [5, 5.41) is 0. The normalized spacial score (nSPS) is 19.8. The number of amides is 1. The number of ether oxygens (including phenoxy) is 1. The predicted molar refractivity (Wildman–Crippen MR) is 65.6 cm³/mol. The zero-order chi connectivity index (χ0) is 12.4. The van der Waals surface area contributed by atoms with Crippen molar-refractivity contribution in [2.75, 3.05) is 0 Å². The smallest absolute Gasteiger partial charge is 0.258 e. The zero-order valence-electron chi connectivity index (χ0n) is 9.98. The molecular weight excluding hydrogens is 216 g/mol. The van der Waals surface area contributed by atoms with Crippen molar-refractivity contribution < 1.29 is 9.53 Å². The number of fused-ring (bicyclic) bond motifs is 1. The number of benzene rings is 1. The first kappa shape index (κ1) is 11.9. The van der Waals surface area contributed by atoms with Crippen LogP contribution in [0.1, 0.15) is 36.9 Å². The van der Waals surface area contributed by atoms with E-state index >= 15 is 0 Å². The van der Waals surface area contributed by atoms with Crippen molar-refractivity contribution in [3.63, 3.8) is 0 Å². The van der Waals surface area contributed by atoms with Crippen LogP contribution in [0.3, 0.4) is 0 Å². The number of carbonyl (C=O) groups is 1. The van der Waals surface area contributed by atoms with Gasteiger partial charge in [0.15, 0.2) is 6.10 Å². The minimum atomic E-state index is -0.553. The molecule has 1 aliphatic rings. The van der Waals surface area contributed by atoms with Gasteiger partial charge in [-0.05, 0) is 42.5 Å². The molecule has 2 rings (SSSR count). The second-order valence-corrected chi connectivity index (χ2v) is 4.42. The fourth-order valence-electron chi connectivity index (χ4n) is 2.21. The molecule has 1 aromatic carbocycles. The molecule has 0 radical (unpaired) electrons. The summed E-state index contributed by atoms with van der Waals surface area (Å²) in [5.74, 6) is 0.271. The van der Waals surface area contributed by atoms with E-state index in [1.54, 1.807) is 0 Å². The first-order valence-corrected chi connectivity index (χ1v) is 5.96. The second-order valence-electron chi connectivity index (χ2n) is 4.42. The molecule has 17 heavy (non-hydrogen) atoms. The van der Waals surface area contributed by atoms with E-state index in [0.29, 0.717) is 12.2 Å². The van der Waals surface area contributed by atoms with Gasteiger partial charge in [0.05, 0.1) is 0 Å². The van der Waals surface area contributed by atoms with Crippen molar-refractivity contribution >= 4 is 5.91 Å². The number of primary amides is 1. The minimum Gasteiger partial charge on any atom is -0.481 e. The third-order valence-corrected chi connectivity index (χ3v) is 3.21. The van der Waals surface area contributed by atoms with Gasteiger partial charge < -0.3 is 16.2 Å². The van der Waals surface area contributed by atoms with Crippen LogP contribution in [0, 0.1) is 0 Å². The molecule has 1 aromatic rings. The van der Waals surface area contributed by atoms with Gasteiger partial charge in [0.25, 0.3) is 5.91 Å². The topological polar surface area (TPSA) is 78.3 Å². The van der Waals surface area contributed by atoms with E-state index in [4.69, 9.17) is 16.2 Å². The lowest BCUT2D eigenvalue weighted by Crippen LogP contribution is -2.33. The number of aryl methyl sites for hydroxylation is 1. The molecule has 0 heterocycles. The van der Waals surface area contributed by atoms with Crippen molar-refractivity contribution in [2.45, 2.75) is 38.3 Å². The van der Waals surface area contributed by atoms with Crippen LogP contribution in [0.4, 0.5) is 0 Å². The van der Waals surface area contributed by atoms with Crippen LogP contribution >= 0.6 is 0 Å². The van der Waals surface area contributed by atoms with Gasteiger partial charge in [0.1, 0.15) is 5.75 Å². The maximum Gasteiger partial charge on any atom is 0.258 e. The van der Waals surface area contributed by atoms with Crippen molar-refractivity contribution in [3.05, 3.63) is 29.3 Å². The molecule has 0 aromatic heterocycles. The van der Waals surface area contributed by atoms with E-state index < -0.39 is 12.0 Å². The minimum absolute atomic E-state index is 0.136. The van der Waals surface area contributed by atoms with Gasteiger partial charge in [0.2, 0.25) is 0 Å². The van der Waals surface area contributed by atoms with Crippen molar-refractivity contribution in [1.29, 1.82) is 0 Å². The highest BCUT2D eigenvalue weighted by atomic mass is 16.5. The van der Waals surface area contributed by atoms with Crippen molar-refractivity contribution in [3.8, 4) is 5.75 Å². The highest BCUT2D eigenvalue weighted by molar-refractivity contribution is 5.79. The summed E-state index contributed by atoms with van der Waals surface area (Å²) in [4.78, 5) is 11.1. The van der Waals surface area contributed by atoms with Gasteiger partial charge in [-0.2, -0.15) is 0 Å². The third kappa shape index (κ3) is 2.42. The summed E-state index contributed by atoms with van der Waals surface area (Å²) in [6.45, 7) is 1.87. The van der Waals surface area contributed by atoms with Gasteiger partial charge in [-0.3, -0.25) is 4.79 Å². The Morgan fingerprint density at radius 3 is 3.00 bits per heavy atom. The molecule has 0 spiro atoms. The average molecular weight is 234 g/mol. The molecule has 0 aliphatic heterocycles. The van der Waals surface area contributed by atoms with Crippen LogP contribution in [0.25, 0.3) is 0 Å².